The molecular formula is C10H12N2O3. The van der Waals surface area contributed by atoms with Gasteiger partial charge < -0.3 is 10.4 Å². The Balaban J connectivity index is 3.13. The van der Waals surface area contributed by atoms with Gasteiger partial charge in [-0.15, -0.1) is 0 Å². The average Bonchev–Trinajstić information content (AvgIpc) is 2.17. The number of rotatable bonds is 3. The molecule has 0 fully saturated rings. The Bertz CT molecular complexity index is 378. The molecule has 1 rings (SSSR count). The van der Waals surface area contributed by atoms with Crippen LogP contribution >= 0.6 is 0 Å². The lowest BCUT2D eigenvalue weighted by Gasteiger charge is -2.25. The minimum absolute atomic E-state index is 0.327. The number of aliphatic carboxylic acids is 1. The molecule has 1 aromatic carbocycles. The Hall–Kier alpha value is -1.88. The Morgan fingerprint density at radius 3 is 2.27 bits per heavy atom. The van der Waals surface area contributed by atoms with Crippen molar-refractivity contribution in [1.29, 1.82) is 0 Å². The number of nitrogens with one attached hydrogen (secondary N) is 1. The molecule has 5 nitrogen and oxygen atoms in total. The number of carboxylic acids is 1. The summed E-state index contributed by atoms with van der Waals surface area (Å²) in [6.45, 7) is 1.22. The summed E-state index contributed by atoms with van der Waals surface area (Å²) in [4.78, 5) is 21.9. The highest BCUT2D eigenvalue weighted by Gasteiger charge is 2.36. The van der Waals surface area contributed by atoms with Crippen LogP contribution in [0.2, 0.25) is 0 Å². The van der Waals surface area contributed by atoms with Crippen LogP contribution in [-0.2, 0) is 15.3 Å². The first-order chi connectivity index (χ1) is 6.97. The molecule has 0 bridgehead atoms. The summed E-state index contributed by atoms with van der Waals surface area (Å²) in [5, 5.41) is 11.2. The topological polar surface area (TPSA) is 92.4 Å². The highest BCUT2D eigenvalue weighted by molar-refractivity contribution is 5.86. The molecule has 0 spiro atoms. The molecule has 80 valence electrons. The summed E-state index contributed by atoms with van der Waals surface area (Å²) >= 11 is 0. The Kier molecular flexibility index (Phi) is 3.06. The van der Waals surface area contributed by atoms with Crippen LogP contribution in [0.4, 0.5) is 0 Å². The number of nitrogens with two attached hydrogens (primary N) is 1. The lowest BCUT2D eigenvalue weighted by molar-refractivity contribution is -0.147. The average molecular weight is 208 g/mol. The van der Waals surface area contributed by atoms with E-state index in [9.17, 15) is 9.59 Å². The van der Waals surface area contributed by atoms with Crippen molar-refractivity contribution >= 4 is 11.9 Å². The van der Waals surface area contributed by atoms with E-state index in [-0.39, 0.29) is 0 Å². The maximum absolute atomic E-state index is 11.0. The van der Waals surface area contributed by atoms with E-state index in [2.05, 4.69) is 5.32 Å². The molecule has 0 saturated carbocycles. The van der Waals surface area contributed by atoms with Gasteiger partial charge in [0, 0.05) is 12.5 Å². The van der Waals surface area contributed by atoms with Crippen LogP contribution in [0.25, 0.3) is 0 Å². The van der Waals surface area contributed by atoms with E-state index in [0.717, 1.165) is 0 Å². The number of hydrogen-bond donors (Lipinski definition) is 3. The Labute approximate surface area is 86.9 Å². The number of carbonyl (C=O) groups is 2. The molecule has 1 unspecified atom stereocenters. The van der Waals surface area contributed by atoms with Crippen molar-refractivity contribution in [3.8, 4) is 0 Å². The summed E-state index contributed by atoms with van der Waals surface area (Å²) in [5.74, 6) is -1.80. The van der Waals surface area contributed by atoms with Crippen LogP contribution in [-0.4, -0.2) is 17.0 Å². The summed E-state index contributed by atoms with van der Waals surface area (Å²) in [7, 11) is 0. The van der Waals surface area contributed by atoms with Crippen molar-refractivity contribution in [2.45, 2.75) is 12.6 Å². The molecule has 0 aliphatic carbocycles. The van der Waals surface area contributed by atoms with Crippen LogP contribution in [0.5, 0.6) is 0 Å². The third-order valence-electron chi connectivity index (χ3n) is 1.94. The van der Waals surface area contributed by atoms with E-state index in [1.54, 1.807) is 30.3 Å². The number of carbonyl (C=O) groups excluding carboxylic acids is 1. The van der Waals surface area contributed by atoms with Crippen molar-refractivity contribution in [2.75, 3.05) is 0 Å². The second kappa shape index (κ2) is 4.10. The maximum atomic E-state index is 11.0. The number of amides is 1. The molecule has 0 aliphatic rings. The number of benzene rings is 1. The Morgan fingerprint density at radius 1 is 1.33 bits per heavy atom. The van der Waals surface area contributed by atoms with Crippen molar-refractivity contribution in [1.82, 2.24) is 5.32 Å². The van der Waals surface area contributed by atoms with Gasteiger partial charge in [-0.3, -0.25) is 10.5 Å². The molecule has 1 atom stereocenters. The Morgan fingerprint density at radius 2 is 1.87 bits per heavy atom. The first-order valence-corrected chi connectivity index (χ1v) is 4.33. The highest BCUT2D eigenvalue weighted by atomic mass is 16.4. The van der Waals surface area contributed by atoms with E-state index in [0.29, 0.717) is 5.56 Å². The smallest absolute Gasteiger partial charge is 0.349 e. The number of hydrogen-bond acceptors (Lipinski definition) is 3. The zero-order valence-corrected chi connectivity index (χ0v) is 8.23. The molecular weight excluding hydrogens is 196 g/mol. The lowest BCUT2D eigenvalue weighted by atomic mass is 10.0. The summed E-state index contributed by atoms with van der Waals surface area (Å²) in [6, 6.07) is 8.14. The van der Waals surface area contributed by atoms with Gasteiger partial charge in [-0.25, -0.2) is 4.79 Å². The predicted molar refractivity (Wildman–Crippen MR) is 53.8 cm³/mol. The van der Waals surface area contributed by atoms with E-state index < -0.39 is 17.5 Å². The molecule has 4 N–H and O–H groups in total. The first-order valence-electron chi connectivity index (χ1n) is 4.33. The maximum Gasteiger partial charge on any atom is 0.349 e. The largest absolute Gasteiger partial charge is 0.478 e. The van der Waals surface area contributed by atoms with Crippen LogP contribution in [0.3, 0.4) is 0 Å². The molecule has 5 heteroatoms. The molecule has 0 saturated heterocycles. The van der Waals surface area contributed by atoms with Gasteiger partial charge in [-0.1, -0.05) is 30.3 Å². The molecule has 1 amide bonds. The van der Waals surface area contributed by atoms with Gasteiger partial charge in [0.25, 0.3) is 0 Å². The number of carboxylic acid groups (broad SMARTS) is 1. The fourth-order valence-electron chi connectivity index (χ4n) is 1.23. The minimum atomic E-state index is -1.87. The van der Waals surface area contributed by atoms with E-state index in [1.165, 1.54) is 6.92 Å². The lowest BCUT2D eigenvalue weighted by Crippen LogP contribution is -2.58. The second-order valence-corrected chi connectivity index (χ2v) is 3.16. The normalized spacial score (nSPS) is 14.0. The van der Waals surface area contributed by atoms with Crippen molar-refractivity contribution < 1.29 is 14.7 Å². The van der Waals surface area contributed by atoms with Crippen LogP contribution < -0.4 is 11.1 Å². The van der Waals surface area contributed by atoms with E-state index in [4.69, 9.17) is 10.8 Å². The second-order valence-electron chi connectivity index (χ2n) is 3.16. The van der Waals surface area contributed by atoms with Crippen molar-refractivity contribution in [3.63, 3.8) is 0 Å². The summed E-state index contributed by atoms with van der Waals surface area (Å²) in [5.41, 5.74) is 4.09. The van der Waals surface area contributed by atoms with Gasteiger partial charge in [-0.2, -0.15) is 0 Å². The fourth-order valence-corrected chi connectivity index (χ4v) is 1.23. The highest BCUT2D eigenvalue weighted by Crippen LogP contribution is 2.14. The zero-order valence-electron chi connectivity index (χ0n) is 8.23. The monoisotopic (exact) mass is 208 g/mol. The third-order valence-corrected chi connectivity index (χ3v) is 1.94. The third kappa shape index (κ3) is 2.32. The van der Waals surface area contributed by atoms with Crippen LogP contribution in [0, 0.1) is 0 Å². The molecule has 15 heavy (non-hydrogen) atoms. The van der Waals surface area contributed by atoms with Gasteiger partial charge >= 0.3 is 5.97 Å². The molecule has 0 heterocycles. The van der Waals surface area contributed by atoms with Crippen molar-refractivity contribution in [3.05, 3.63) is 35.9 Å². The van der Waals surface area contributed by atoms with Crippen LogP contribution in [0.1, 0.15) is 12.5 Å². The van der Waals surface area contributed by atoms with Crippen molar-refractivity contribution in [2.24, 2.45) is 5.73 Å². The van der Waals surface area contributed by atoms with Gasteiger partial charge in [0.1, 0.15) is 0 Å². The predicted octanol–water partition coefficient (Wildman–Crippen LogP) is 0.0188. The SMILES string of the molecule is CC(=O)NC(N)(C(=O)O)c1ccccc1. The quantitative estimate of drug-likeness (QED) is 0.610. The standard InChI is InChI=1S/C10H12N2O3/c1-7(13)12-10(11,9(14)15)8-5-3-2-4-6-8/h2-6H,11H2,1H3,(H,12,13)(H,14,15). The summed E-state index contributed by atoms with van der Waals surface area (Å²) < 4.78 is 0. The van der Waals surface area contributed by atoms with Crippen LogP contribution in [0.15, 0.2) is 30.3 Å². The minimum Gasteiger partial charge on any atom is -0.478 e. The zero-order chi connectivity index (χ0) is 11.5. The van der Waals surface area contributed by atoms with E-state index >= 15 is 0 Å². The molecule has 0 aliphatic heterocycles. The summed E-state index contributed by atoms with van der Waals surface area (Å²) in [6.07, 6.45) is 0. The molecule has 1 aromatic rings. The molecule has 0 aromatic heterocycles. The fraction of sp³-hybridized carbons (Fsp3) is 0.200. The molecule has 0 radical (unpaired) electrons. The van der Waals surface area contributed by atoms with Gasteiger partial charge in [0.05, 0.1) is 0 Å². The van der Waals surface area contributed by atoms with E-state index in [1.807, 2.05) is 0 Å². The van der Waals surface area contributed by atoms with Gasteiger partial charge in [-0.05, 0) is 0 Å². The first kappa shape index (κ1) is 11.2. The van der Waals surface area contributed by atoms with Gasteiger partial charge in [0.15, 0.2) is 0 Å². The van der Waals surface area contributed by atoms with Gasteiger partial charge in [0.2, 0.25) is 11.6 Å².